The van der Waals surface area contributed by atoms with Crippen molar-refractivity contribution in [2.24, 2.45) is 5.73 Å². The van der Waals surface area contributed by atoms with Gasteiger partial charge in [0.15, 0.2) is 6.10 Å². The van der Waals surface area contributed by atoms with Crippen molar-refractivity contribution in [3.05, 3.63) is 0 Å². The Morgan fingerprint density at radius 1 is 0.359 bits per heavy atom. The molecule has 0 aliphatic heterocycles. The summed E-state index contributed by atoms with van der Waals surface area (Å²) in [6.45, 7) is 3.65. The number of carboxylic acid groups (broad SMARTS) is 3. The number of ether oxygens (including phenoxy) is 3. The molecular formula is C58H102N4O16. The fourth-order valence-electron chi connectivity index (χ4n) is 8.81. The van der Waals surface area contributed by atoms with E-state index in [2.05, 4.69) is 29.8 Å². The molecular weight excluding hydrogens is 1010 g/mol. The lowest BCUT2D eigenvalue weighted by Gasteiger charge is -2.24. The third-order valence-corrected chi connectivity index (χ3v) is 13.6. The van der Waals surface area contributed by atoms with Gasteiger partial charge < -0.3 is 51.2 Å². The van der Waals surface area contributed by atoms with Crippen LogP contribution in [0.3, 0.4) is 0 Å². The van der Waals surface area contributed by atoms with Gasteiger partial charge in [0, 0.05) is 38.5 Å². The van der Waals surface area contributed by atoms with E-state index < -0.39 is 148 Å². The minimum absolute atomic E-state index is 0.153. The highest BCUT2D eigenvalue weighted by atomic mass is 16.6. The first-order chi connectivity index (χ1) is 37.5. The second kappa shape index (κ2) is 50.0. The van der Waals surface area contributed by atoms with Gasteiger partial charge in [-0.15, -0.1) is 0 Å². The number of rotatable bonds is 55. The molecule has 0 radical (unpaired) electrons. The van der Waals surface area contributed by atoms with Gasteiger partial charge in [0.25, 0.3) is 0 Å². The largest absolute Gasteiger partial charge is 0.481 e. The maximum atomic E-state index is 13.4. The van der Waals surface area contributed by atoms with Gasteiger partial charge >= 0.3 is 35.8 Å². The fraction of sp³-hybridized carbons (Fsp3) is 0.828. The Morgan fingerprint density at radius 3 is 0.974 bits per heavy atom. The van der Waals surface area contributed by atoms with E-state index in [0.29, 0.717) is 12.8 Å². The minimum atomic E-state index is -1.65. The van der Waals surface area contributed by atoms with Gasteiger partial charge in [0.05, 0.1) is 6.42 Å². The normalized spacial score (nSPS) is 12.2. The Labute approximate surface area is 465 Å². The average molecular weight is 1110 g/mol. The number of carboxylic acids is 3. The van der Waals surface area contributed by atoms with Crippen molar-refractivity contribution >= 4 is 59.4 Å². The third kappa shape index (κ3) is 45.7. The molecule has 8 N–H and O–H groups in total. The van der Waals surface area contributed by atoms with Gasteiger partial charge in [-0.1, -0.05) is 194 Å². The Balaban J connectivity index is 5.37. The fourth-order valence-corrected chi connectivity index (χ4v) is 8.81. The van der Waals surface area contributed by atoms with Gasteiger partial charge in [-0.05, 0) is 32.1 Å². The number of unbranched alkanes of at least 4 members (excludes halogenated alkanes) is 28. The SMILES string of the molecule is CCCCCCCCCCCCCCCCCC(=O)OCC(COC(=O)CCCCCCCCCCCCCCCCC)OC(=O)CCC(=O)NC(CCC(=O)O)C(=O)NC(CCC(=O)O)C(=O)NC(CCC(=O)O)C(N)=O. The monoisotopic (exact) mass is 1110 g/mol. The van der Waals surface area contributed by atoms with Crippen LogP contribution in [-0.4, -0.2) is 112 Å². The number of esters is 3. The Bertz CT molecular complexity index is 1650. The highest BCUT2D eigenvalue weighted by molar-refractivity contribution is 5.94. The lowest BCUT2D eigenvalue weighted by molar-refractivity contribution is -0.167. The zero-order chi connectivity index (χ0) is 58.0. The van der Waals surface area contributed by atoms with Gasteiger partial charge in [-0.3, -0.25) is 47.9 Å². The van der Waals surface area contributed by atoms with Crippen molar-refractivity contribution in [3.8, 4) is 0 Å². The number of hydrogen-bond donors (Lipinski definition) is 7. The molecule has 0 rings (SSSR count). The third-order valence-electron chi connectivity index (χ3n) is 13.6. The van der Waals surface area contributed by atoms with Crippen LogP contribution in [0.15, 0.2) is 0 Å². The smallest absolute Gasteiger partial charge is 0.306 e. The lowest BCUT2D eigenvalue weighted by atomic mass is 10.0. The van der Waals surface area contributed by atoms with Crippen molar-refractivity contribution in [1.82, 2.24) is 16.0 Å². The molecule has 0 saturated carbocycles. The molecule has 0 spiro atoms. The number of aliphatic carboxylic acids is 3. The number of amides is 4. The number of carbonyl (C=O) groups excluding carboxylic acids is 7. The standard InChI is InChI=1S/C58H102N4O16/c1-3-5-7-9-11-13-15-17-19-21-23-25-27-29-31-33-53(70)76-43-45(44-77-54(71)34-32-30-28-26-24-22-20-18-16-14-12-10-8-6-4-2)78-55(72)42-38-49(63)60-47(36-40-51(66)67)57(74)62-48(37-41-52(68)69)58(75)61-46(56(59)73)35-39-50(64)65/h45-48H,3-44H2,1-2H3,(H2,59,73)(H,60,63)(H,61,75)(H,62,74)(H,64,65)(H,66,67)(H,68,69). The average Bonchev–Trinajstić information content (AvgIpc) is 3.39. The number of primary amides is 1. The lowest BCUT2D eigenvalue weighted by Crippen LogP contribution is -2.56. The van der Waals surface area contributed by atoms with E-state index in [-0.39, 0.29) is 12.8 Å². The van der Waals surface area contributed by atoms with Crippen molar-refractivity contribution in [2.75, 3.05) is 13.2 Å². The number of nitrogens with two attached hydrogens (primary N) is 1. The van der Waals surface area contributed by atoms with Crippen LogP contribution < -0.4 is 21.7 Å². The quantitative estimate of drug-likeness (QED) is 0.0169. The Morgan fingerprint density at radius 2 is 0.654 bits per heavy atom. The van der Waals surface area contributed by atoms with Gasteiger partial charge in [0.2, 0.25) is 23.6 Å². The molecule has 0 saturated heterocycles. The molecule has 0 bridgehead atoms. The van der Waals surface area contributed by atoms with E-state index >= 15 is 0 Å². The summed E-state index contributed by atoms with van der Waals surface area (Å²) in [6, 6.07) is -4.75. The Hall–Kier alpha value is -5.30. The van der Waals surface area contributed by atoms with Crippen LogP contribution in [0.4, 0.5) is 0 Å². The Kier molecular flexibility index (Phi) is 46.6. The first-order valence-electron chi connectivity index (χ1n) is 29.8. The minimum Gasteiger partial charge on any atom is -0.481 e. The molecule has 0 aromatic carbocycles. The molecule has 450 valence electrons. The summed E-state index contributed by atoms with van der Waals surface area (Å²) in [6.07, 6.45) is 30.0. The molecule has 20 nitrogen and oxygen atoms in total. The van der Waals surface area contributed by atoms with Crippen LogP contribution in [0, 0.1) is 0 Å². The van der Waals surface area contributed by atoms with Crippen molar-refractivity contribution in [2.45, 2.75) is 295 Å². The highest BCUT2D eigenvalue weighted by Gasteiger charge is 2.30. The molecule has 0 heterocycles. The second-order valence-corrected chi connectivity index (χ2v) is 20.8. The zero-order valence-corrected chi connectivity index (χ0v) is 47.7. The topological polar surface area (TPSA) is 321 Å². The predicted octanol–water partition coefficient (Wildman–Crippen LogP) is 9.82. The summed E-state index contributed by atoms with van der Waals surface area (Å²) in [5, 5.41) is 34.4. The number of carbonyl (C=O) groups is 10. The van der Waals surface area contributed by atoms with Crippen molar-refractivity contribution in [1.29, 1.82) is 0 Å². The summed E-state index contributed by atoms with van der Waals surface area (Å²) < 4.78 is 16.4. The number of hydrogen-bond acceptors (Lipinski definition) is 13. The van der Waals surface area contributed by atoms with E-state index in [4.69, 9.17) is 25.1 Å². The first kappa shape index (κ1) is 72.7. The van der Waals surface area contributed by atoms with Crippen molar-refractivity contribution < 1.29 is 77.5 Å². The van der Waals surface area contributed by atoms with Crippen LogP contribution in [0.5, 0.6) is 0 Å². The molecule has 3 unspecified atom stereocenters. The van der Waals surface area contributed by atoms with Crippen LogP contribution >= 0.6 is 0 Å². The van der Waals surface area contributed by atoms with Gasteiger partial charge in [-0.25, -0.2) is 0 Å². The molecule has 4 amide bonds. The van der Waals surface area contributed by atoms with E-state index in [1.165, 1.54) is 128 Å². The molecule has 0 aromatic heterocycles. The van der Waals surface area contributed by atoms with Crippen molar-refractivity contribution in [3.63, 3.8) is 0 Å². The van der Waals surface area contributed by atoms with Crippen LogP contribution in [0.1, 0.15) is 271 Å². The molecule has 0 aliphatic carbocycles. The number of nitrogens with one attached hydrogen (secondary N) is 3. The van der Waals surface area contributed by atoms with E-state index in [9.17, 15) is 58.2 Å². The molecule has 0 aliphatic rings. The zero-order valence-electron chi connectivity index (χ0n) is 47.7. The summed E-state index contributed by atoms with van der Waals surface area (Å²) in [5.41, 5.74) is 5.30. The summed E-state index contributed by atoms with van der Waals surface area (Å²) in [4.78, 5) is 124. The molecule has 78 heavy (non-hydrogen) atoms. The summed E-state index contributed by atoms with van der Waals surface area (Å²) >= 11 is 0. The molecule has 0 aromatic rings. The van der Waals surface area contributed by atoms with E-state index in [1.807, 2.05) is 0 Å². The van der Waals surface area contributed by atoms with E-state index in [1.54, 1.807) is 0 Å². The highest BCUT2D eigenvalue weighted by Crippen LogP contribution is 2.17. The molecule has 0 fully saturated rings. The van der Waals surface area contributed by atoms with Crippen LogP contribution in [-0.2, 0) is 62.2 Å². The molecule has 3 atom stereocenters. The maximum absolute atomic E-state index is 13.4. The van der Waals surface area contributed by atoms with E-state index in [0.717, 1.165) is 51.4 Å². The summed E-state index contributed by atoms with van der Waals surface area (Å²) in [7, 11) is 0. The van der Waals surface area contributed by atoms with Crippen LogP contribution in [0.25, 0.3) is 0 Å². The maximum Gasteiger partial charge on any atom is 0.306 e. The summed E-state index contributed by atoms with van der Waals surface area (Å²) in [5.74, 6) is -10.1. The van der Waals surface area contributed by atoms with Gasteiger partial charge in [-0.2, -0.15) is 0 Å². The second-order valence-electron chi connectivity index (χ2n) is 20.8. The first-order valence-corrected chi connectivity index (χ1v) is 29.8. The van der Waals surface area contributed by atoms with Gasteiger partial charge in [0.1, 0.15) is 31.3 Å². The predicted molar refractivity (Wildman–Crippen MR) is 296 cm³/mol. The van der Waals surface area contributed by atoms with Crippen LogP contribution in [0.2, 0.25) is 0 Å². The molecule has 20 heteroatoms.